The minimum Gasteiger partial charge on any atom is 3.00 e. The second-order valence-corrected chi connectivity index (χ2v) is 35.7. The van der Waals surface area contributed by atoms with Crippen LogP contribution in [-0.2, 0) is 32.4 Å². The molecule has 0 aromatic heterocycles. The van der Waals surface area contributed by atoms with E-state index < -0.39 is 32.4 Å². The second-order valence-electron chi connectivity index (χ2n) is 6.12. The van der Waals surface area contributed by atoms with Crippen molar-refractivity contribution in [1.82, 2.24) is 0 Å². The second kappa shape index (κ2) is 9.52. The zero-order chi connectivity index (χ0) is 29.8. The molecule has 15 nitrogen and oxygen atoms in total. The molecule has 0 saturated carbocycles. The molecule has 0 aromatic rings. The Morgan fingerprint density at radius 3 is 0.297 bits per heavy atom. The van der Waals surface area contributed by atoms with E-state index in [4.69, 9.17) is 108 Å². The van der Waals surface area contributed by atoms with Crippen LogP contribution in [0.15, 0.2) is 0 Å². The summed E-state index contributed by atoms with van der Waals surface area (Å²) < 4.78 is 0. The molecule has 0 N–H and O–H groups in total. The van der Waals surface area contributed by atoms with Gasteiger partial charge in [0.05, 0.1) is 0 Å². The summed E-state index contributed by atoms with van der Waals surface area (Å²) in [7, 11) is -2.97. The van der Waals surface area contributed by atoms with E-state index in [9.17, 15) is 0 Å². The van der Waals surface area contributed by atoms with Crippen LogP contribution in [0.4, 0.5) is 0 Å². The number of hydrogen-bond acceptors (Lipinski definition) is 15. The molecule has 0 rings (SSSR count). The summed E-state index contributed by atoms with van der Waals surface area (Å²) >= 11 is 0. The molecule has 0 aliphatic carbocycles. The maximum atomic E-state index is 8.49. The molecule has 22 heteroatoms. The van der Waals surface area contributed by atoms with Gasteiger partial charge in [-0.2, -0.15) is 0 Å². The average molecular weight is 676 g/mol. The Hall–Kier alpha value is -4.49. The van der Waals surface area contributed by atoms with Crippen LogP contribution in [0, 0.1) is 151 Å². The molecule has 0 atom stereocenters. The number of hydrogen-bond donors (Lipinski definition) is 0. The third-order valence-corrected chi connectivity index (χ3v) is 19.4. The van der Waals surface area contributed by atoms with Crippen LogP contribution in [0.2, 0.25) is 0 Å². The molecule has 174 valence electrons. The van der Waals surface area contributed by atoms with Gasteiger partial charge in [0.2, 0.25) is 0 Å². The smallest absolute Gasteiger partial charge is 3.00 e. The van der Waals surface area contributed by atoms with Crippen molar-refractivity contribution in [3.05, 3.63) is 0 Å². The first-order valence-electron chi connectivity index (χ1n) is 7.22. The van der Waals surface area contributed by atoms with Gasteiger partial charge in [-0.1, -0.05) is 0 Å². The summed E-state index contributed by atoms with van der Waals surface area (Å²) in [6, 6.07) is 0. The number of halogens is 3. The van der Waals surface area contributed by atoms with Crippen LogP contribution in [0.25, 0.3) is 0 Å². The van der Waals surface area contributed by atoms with Gasteiger partial charge in [0.25, 0.3) is 0 Å². The van der Waals surface area contributed by atoms with Crippen LogP contribution >= 0.6 is 29.5 Å². The van der Waals surface area contributed by atoms with Crippen LogP contribution in [0.3, 0.4) is 0 Å². The van der Waals surface area contributed by atoms with E-state index in [1.165, 1.54) is 0 Å². The fourth-order valence-corrected chi connectivity index (χ4v) is 2.77. The van der Waals surface area contributed by atoms with Crippen molar-refractivity contribution in [3.8, 4) is 71.7 Å². The van der Waals surface area contributed by atoms with Gasteiger partial charge in [-0.15, -0.1) is 0 Å². The summed E-state index contributed by atoms with van der Waals surface area (Å²) in [5.74, 6) is 0. The van der Waals surface area contributed by atoms with Crippen molar-refractivity contribution in [2.45, 2.75) is 0 Å². The monoisotopic (exact) mass is 675 g/mol. The summed E-state index contributed by atoms with van der Waals surface area (Å²) in [4.78, 5) is 16.5. The molecule has 0 saturated heterocycles. The molecule has 0 amide bonds. The molecule has 0 heterocycles. The van der Waals surface area contributed by atoms with Gasteiger partial charge < -0.3 is 0 Å². The molecule has 0 fully saturated rings. The number of nitrogens with zero attached hydrogens (tertiary/aromatic N) is 15. The van der Waals surface area contributed by atoms with Crippen molar-refractivity contribution in [2.75, 3.05) is 0 Å². The van der Waals surface area contributed by atoms with Crippen molar-refractivity contribution in [1.29, 1.82) is 78.9 Å². The van der Waals surface area contributed by atoms with Crippen molar-refractivity contribution >= 4 is 46.9 Å². The van der Waals surface area contributed by atoms with Crippen molar-refractivity contribution in [3.63, 3.8) is 0 Å². The van der Waals surface area contributed by atoms with E-state index in [2.05, 4.69) is 0 Å². The normalized spacial score (nSPS) is 13.9. The topological polar surface area (TPSA) is 357 Å². The SMILES string of the molecule is N#[C][V-]([Cl])([C]#N)([C]#N)([C]#N)[C]#N.N#[C][V-]([Cl])([C]#N)([C]#N)([C]#N)[C]#N.N#[C][V-]([Cl])([C]#N)([C]#N)([C]#N)[C]#N.[Al+3]. The number of rotatable bonds is 0. The van der Waals surface area contributed by atoms with Gasteiger partial charge in [-0.3, -0.25) is 0 Å². The molecule has 0 aliphatic heterocycles. The molecule has 0 spiro atoms. The molecule has 0 aliphatic rings. The predicted octanol–water partition coefficient (Wildman–Crippen LogP) is 1.93. The maximum absolute atomic E-state index is 8.49. The Kier molecular flexibility index (Phi) is 10.2. The molecular formula is C15AlCl3N15V3. The van der Waals surface area contributed by atoms with Gasteiger partial charge in [0, 0.05) is 0 Å². The first-order chi connectivity index (χ1) is 16.2. The fraction of sp³-hybridized carbons (Fsp3) is 0. The van der Waals surface area contributed by atoms with E-state index >= 15 is 0 Å². The minimum atomic E-state index is -6.34. The van der Waals surface area contributed by atoms with Crippen LogP contribution in [-0.4, -0.2) is 17.4 Å². The van der Waals surface area contributed by atoms with Crippen LogP contribution < -0.4 is 0 Å². The molecule has 0 radical (unpaired) electrons. The Morgan fingerprint density at radius 1 is 0.243 bits per heavy atom. The Bertz CT molecular complexity index is 1280. The van der Waals surface area contributed by atoms with Gasteiger partial charge >= 0.3 is 230 Å². The Balaban J connectivity index is -0.000000218. The van der Waals surface area contributed by atoms with Gasteiger partial charge in [0.1, 0.15) is 0 Å². The summed E-state index contributed by atoms with van der Waals surface area (Å²) in [5.41, 5.74) is 0. The van der Waals surface area contributed by atoms with E-state index in [1.807, 2.05) is 0 Å². The summed E-state index contributed by atoms with van der Waals surface area (Å²) in [6.07, 6.45) is 0. The fourth-order valence-electron chi connectivity index (χ4n) is 0.671. The zero-order valence-electron chi connectivity index (χ0n) is 17.3. The Morgan fingerprint density at radius 2 is 0.297 bits per heavy atom. The first-order valence-corrected chi connectivity index (χ1v) is 23.5. The molecule has 37 heavy (non-hydrogen) atoms. The van der Waals surface area contributed by atoms with E-state index in [0.29, 0.717) is 0 Å². The van der Waals surface area contributed by atoms with Gasteiger partial charge in [0.15, 0.2) is 0 Å². The maximum Gasteiger partial charge on any atom is 3.00 e. The molecule has 0 aromatic carbocycles. The first kappa shape index (κ1) is 39.7. The summed E-state index contributed by atoms with van der Waals surface area (Å²) in [6.45, 7) is 0. The van der Waals surface area contributed by atoms with Gasteiger partial charge in [-0.05, 0) is 0 Å². The standard InChI is InChI=1S/15CN.Al.3ClH.3V/c15*1-2;;;;;;;/h;;;;;;;;;;;;;;;;3*1H;;;/q;;;;;;;;;;;;;;;+3;;;;;;/p-3. The zero-order valence-corrected chi connectivity index (χ0v) is 24.9. The van der Waals surface area contributed by atoms with Crippen LogP contribution in [0.5, 0.6) is 0 Å². The Labute approximate surface area is 227 Å². The third kappa shape index (κ3) is 5.52. The van der Waals surface area contributed by atoms with Crippen LogP contribution in [0.1, 0.15) is 0 Å². The predicted molar refractivity (Wildman–Crippen MR) is 108 cm³/mol. The van der Waals surface area contributed by atoms with E-state index in [0.717, 1.165) is 71.7 Å². The largest absolute Gasteiger partial charge is 3.00 e. The van der Waals surface area contributed by atoms with Gasteiger partial charge in [-0.25, -0.2) is 0 Å². The minimum absolute atomic E-state index is 0. The van der Waals surface area contributed by atoms with E-state index in [-0.39, 0.29) is 17.4 Å². The van der Waals surface area contributed by atoms with E-state index in [1.54, 1.807) is 0 Å². The molecular weight excluding hydrogens is 676 g/mol. The molecule has 0 unspecified atom stereocenters. The van der Waals surface area contributed by atoms with Crippen molar-refractivity contribution < 1.29 is 32.4 Å². The van der Waals surface area contributed by atoms with Crippen molar-refractivity contribution in [2.24, 2.45) is 0 Å². The average Bonchev–Trinajstić information content (AvgIpc) is 2.98. The molecule has 0 bridgehead atoms. The number of nitriles is 15. The third-order valence-electron chi connectivity index (χ3n) is 3.57. The summed E-state index contributed by atoms with van der Waals surface area (Å²) in [5, 5.41) is 127. The quantitative estimate of drug-likeness (QED) is 0.331.